The largest absolute Gasteiger partial charge is 0.469 e. The number of thiocarbonyl (C=S) groups is 1. The maximum absolute atomic E-state index is 12.7. The summed E-state index contributed by atoms with van der Waals surface area (Å²) in [6, 6.07) is 7.31. The number of nitrogens with zero attached hydrogens (tertiary/aromatic N) is 2. The lowest BCUT2D eigenvalue weighted by Crippen LogP contribution is -2.31. The van der Waals surface area contributed by atoms with E-state index in [4.69, 9.17) is 12.2 Å². The molecule has 124 valence electrons. The lowest BCUT2D eigenvalue weighted by atomic mass is 10.1. The number of thioether (sulfide) groups is 1. The van der Waals surface area contributed by atoms with Gasteiger partial charge in [0.05, 0.1) is 29.7 Å². The van der Waals surface area contributed by atoms with Gasteiger partial charge < -0.3 is 9.64 Å². The Balaban J connectivity index is 1.97. The maximum Gasteiger partial charge on any atom is 0.307 e. The van der Waals surface area contributed by atoms with Crippen LogP contribution in [-0.4, -0.2) is 47.7 Å². The van der Waals surface area contributed by atoms with Gasteiger partial charge in [0.1, 0.15) is 4.32 Å². The average Bonchev–Trinajstić information content (AvgIpc) is 3.00. The molecular formula is C16H14N2O4S2. The summed E-state index contributed by atoms with van der Waals surface area (Å²) in [4.78, 5) is 39.8. The van der Waals surface area contributed by atoms with Crippen molar-refractivity contribution in [1.29, 1.82) is 0 Å². The zero-order chi connectivity index (χ0) is 17.4. The van der Waals surface area contributed by atoms with E-state index < -0.39 is 5.97 Å². The molecule has 0 spiro atoms. The summed E-state index contributed by atoms with van der Waals surface area (Å²) in [6.07, 6.45) is 0.0516. The van der Waals surface area contributed by atoms with Crippen molar-refractivity contribution in [2.45, 2.75) is 6.42 Å². The minimum atomic E-state index is -0.418. The number of ether oxygens (including phenoxy) is 1. The third kappa shape index (κ3) is 2.61. The van der Waals surface area contributed by atoms with E-state index in [-0.39, 0.29) is 24.8 Å². The number of methoxy groups -OCH3 is 1. The standard InChI is InChI=1S/C16H14N2O4S2/c1-17-10-6-4-3-5-9(10)12(14(17)20)13-15(21)18(16(23)24-13)8-7-11(19)22-2/h3-6H,7-8H2,1-2H3/b13-12-. The molecule has 1 aromatic rings. The van der Waals surface area contributed by atoms with E-state index in [1.54, 1.807) is 7.05 Å². The zero-order valence-corrected chi connectivity index (χ0v) is 14.7. The van der Waals surface area contributed by atoms with E-state index in [0.717, 1.165) is 23.0 Å². The third-order valence-corrected chi connectivity index (χ3v) is 5.34. The quantitative estimate of drug-likeness (QED) is 0.464. The number of para-hydroxylation sites is 1. The number of carbonyl (C=O) groups excluding carboxylic acids is 3. The van der Waals surface area contributed by atoms with Crippen LogP contribution in [0.4, 0.5) is 5.69 Å². The molecule has 0 saturated carbocycles. The number of anilines is 1. The number of carbonyl (C=O) groups is 3. The highest BCUT2D eigenvalue weighted by atomic mass is 32.2. The van der Waals surface area contributed by atoms with Crippen molar-refractivity contribution < 1.29 is 19.1 Å². The van der Waals surface area contributed by atoms with Crippen molar-refractivity contribution in [3.8, 4) is 0 Å². The van der Waals surface area contributed by atoms with Crippen molar-refractivity contribution in [3.05, 3.63) is 34.7 Å². The fraction of sp³-hybridized carbons (Fsp3) is 0.250. The van der Waals surface area contributed by atoms with E-state index >= 15 is 0 Å². The number of esters is 1. The average molecular weight is 362 g/mol. The molecule has 2 amide bonds. The van der Waals surface area contributed by atoms with Gasteiger partial charge in [-0.25, -0.2) is 0 Å². The molecule has 0 bridgehead atoms. The molecule has 24 heavy (non-hydrogen) atoms. The Morgan fingerprint density at radius 1 is 1.25 bits per heavy atom. The first-order valence-corrected chi connectivity index (χ1v) is 8.40. The number of fused-ring (bicyclic) bond motifs is 1. The Hall–Kier alpha value is -2.19. The van der Waals surface area contributed by atoms with Gasteiger partial charge >= 0.3 is 5.97 Å². The minimum absolute atomic E-state index is 0.0516. The van der Waals surface area contributed by atoms with Gasteiger partial charge in [0, 0.05) is 19.2 Å². The summed E-state index contributed by atoms with van der Waals surface area (Å²) >= 11 is 6.34. The molecule has 6 nitrogen and oxygen atoms in total. The van der Waals surface area contributed by atoms with Crippen molar-refractivity contribution in [1.82, 2.24) is 4.90 Å². The second-order valence-electron chi connectivity index (χ2n) is 5.24. The second kappa shape index (κ2) is 6.37. The van der Waals surface area contributed by atoms with Crippen LogP contribution in [0.3, 0.4) is 0 Å². The van der Waals surface area contributed by atoms with Gasteiger partial charge in [0.25, 0.3) is 11.8 Å². The molecule has 2 aliphatic rings. The molecule has 0 aliphatic carbocycles. The summed E-state index contributed by atoms with van der Waals surface area (Å²) in [5.41, 5.74) is 1.85. The number of rotatable bonds is 3. The number of likely N-dealkylation sites (N-methyl/N-ethyl adjacent to an activating group) is 1. The Morgan fingerprint density at radius 2 is 1.96 bits per heavy atom. The van der Waals surface area contributed by atoms with Crippen molar-refractivity contribution in [2.24, 2.45) is 0 Å². The lowest BCUT2D eigenvalue weighted by Gasteiger charge is -2.13. The highest BCUT2D eigenvalue weighted by Crippen LogP contribution is 2.43. The Bertz CT molecular complexity index is 803. The molecule has 8 heteroatoms. The van der Waals surface area contributed by atoms with E-state index in [9.17, 15) is 14.4 Å². The first-order chi connectivity index (χ1) is 11.5. The second-order valence-corrected chi connectivity index (χ2v) is 6.88. The molecule has 2 aliphatic heterocycles. The number of amides is 2. The monoisotopic (exact) mass is 362 g/mol. The zero-order valence-electron chi connectivity index (χ0n) is 13.1. The van der Waals surface area contributed by atoms with Crippen LogP contribution >= 0.6 is 24.0 Å². The normalized spacial score (nSPS) is 20.0. The molecule has 0 aromatic heterocycles. The molecule has 0 radical (unpaired) electrons. The van der Waals surface area contributed by atoms with Crippen LogP contribution in [0.15, 0.2) is 29.2 Å². The van der Waals surface area contributed by atoms with Gasteiger partial charge in [-0.05, 0) is 6.07 Å². The summed E-state index contributed by atoms with van der Waals surface area (Å²) in [6.45, 7) is 0.139. The molecule has 2 heterocycles. The van der Waals surface area contributed by atoms with Gasteiger partial charge in [-0.2, -0.15) is 0 Å². The molecule has 0 N–H and O–H groups in total. The Labute approximate surface area is 148 Å². The number of hydrogen-bond donors (Lipinski definition) is 0. The molecule has 0 unspecified atom stereocenters. The first kappa shape index (κ1) is 16.7. The molecule has 1 aromatic carbocycles. The highest BCUT2D eigenvalue weighted by Gasteiger charge is 2.40. The van der Waals surface area contributed by atoms with Crippen LogP contribution in [0.5, 0.6) is 0 Å². The van der Waals surface area contributed by atoms with Gasteiger partial charge in [0.15, 0.2) is 0 Å². The van der Waals surface area contributed by atoms with E-state index in [1.165, 1.54) is 16.9 Å². The topological polar surface area (TPSA) is 66.9 Å². The Morgan fingerprint density at radius 3 is 2.67 bits per heavy atom. The SMILES string of the molecule is COC(=O)CCN1C(=O)/C(=C2/C(=O)N(C)c3ccccc32)SC1=S. The number of benzene rings is 1. The van der Waals surface area contributed by atoms with Gasteiger partial charge in [-0.15, -0.1) is 0 Å². The summed E-state index contributed by atoms with van der Waals surface area (Å²) in [5, 5.41) is 0. The van der Waals surface area contributed by atoms with Crippen LogP contribution in [0, 0.1) is 0 Å². The molecule has 0 atom stereocenters. The highest BCUT2D eigenvalue weighted by molar-refractivity contribution is 8.26. The van der Waals surface area contributed by atoms with Crippen LogP contribution in [-0.2, 0) is 19.1 Å². The van der Waals surface area contributed by atoms with E-state index in [1.807, 2.05) is 24.3 Å². The van der Waals surface area contributed by atoms with E-state index in [2.05, 4.69) is 4.74 Å². The van der Waals surface area contributed by atoms with Crippen LogP contribution < -0.4 is 4.90 Å². The maximum atomic E-state index is 12.7. The molecule has 3 rings (SSSR count). The van der Waals surface area contributed by atoms with Gasteiger partial charge in [-0.3, -0.25) is 19.3 Å². The smallest absolute Gasteiger partial charge is 0.307 e. The molecular weight excluding hydrogens is 348 g/mol. The van der Waals surface area contributed by atoms with Crippen molar-refractivity contribution in [2.75, 3.05) is 25.6 Å². The Kier molecular flexibility index (Phi) is 4.42. The lowest BCUT2D eigenvalue weighted by molar-refractivity contribution is -0.141. The molecule has 1 saturated heterocycles. The summed E-state index contributed by atoms with van der Waals surface area (Å²) < 4.78 is 4.92. The van der Waals surface area contributed by atoms with Gasteiger partial charge in [-0.1, -0.05) is 42.2 Å². The summed E-state index contributed by atoms with van der Waals surface area (Å²) in [7, 11) is 2.96. The van der Waals surface area contributed by atoms with Crippen molar-refractivity contribution >= 4 is 57.3 Å². The fourth-order valence-corrected chi connectivity index (χ4v) is 4.02. The van der Waals surface area contributed by atoms with Crippen LogP contribution in [0.2, 0.25) is 0 Å². The summed E-state index contributed by atoms with van der Waals surface area (Å²) in [5.74, 6) is -0.995. The predicted molar refractivity (Wildman–Crippen MR) is 95.3 cm³/mol. The van der Waals surface area contributed by atoms with Crippen LogP contribution in [0.25, 0.3) is 5.57 Å². The number of hydrogen-bond acceptors (Lipinski definition) is 6. The molecule has 1 fully saturated rings. The van der Waals surface area contributed by atoms with Gasteiger partial charge in [0.2, 0.25) is 0 Å². The first-order valence-electron chi connectivity index (χ1n) is 7.18. The minimum Gasteiger partial charge on any atom is -0.469 e. The van der Waals surface area contributed by atoms with Crippen molar-refractivity contribution in [3.63, 3.8) is 0 Å². The third-order valence-electron chi connectivity index (χ3n) is 3.90. The van der Waals surface area contributed by atoms with Crippen LogP contribution in [0.1, 0.15) is 12.0 Å². The van der Waals surface area contributed by atoms with E-state index in [0.29, 0.717) is 14.8 Å². The fourth-order valence-electron chi connectivity index (χ4n) is 2.64. The predicted octanol–water partition coefficient (Wildman–Crippen LogP) is 1.80.